The summed E-state index contributed by atoms with van der Waals surface area (Å²) in [6, 6.07) is 21.4. The number of hydrogen-bond donors (Lipinski definition) is 0. The van der Waals surface area contributed by atoms with Crippen LogP contribution in [0.15, 0.2) is 66.2 Å². The molecule has 0 aromatic heterocycles. The molecule has 0 aliphatic carbocycles. The van der Waals surface area contributed by atoms with Crippen LogP contribution in [0.25, 0.3) is 6.08 Å². The Morgan fingerprint density at radius 1 is 0.800 bits per heavy atom. The highest BCUT2D eigenvalue weighted by molar-refractivity contribution is 5.52. The quantitative estimate of drug-likeness (QED) is 0.795. The lowest BCUT2D eigenvalue weighted by Crippen LogP contribution is -2.30. The third-order valence-corrected chi connectivity index (χ3v) is 3.92. The molecule has 1 saturated heterocycles. The largest absolute Gasteiger partial charge is 0.298 e. The summed E-state index contributed by atoms with van der Waals surface area (Å²) in [4.78, 5) is 2.55. The zero-order chi connectivity index (χ0) is 13.6. The monoisotopic (exact) mass is 263 g/mol. The van der Waals surface area contributed by atoms with Crippen molar-refractivity contribution >= 4 is 6.08 Å². The van der Waals surface area contributed by atoms with Gasteiger partial charge >= 0.3 is 0 Å². The zero-order valence-electron chi connectivity index (χ0n) is 11.8. The van der Waals surface area contributed by atoms with E-state index in [-0.39, 0.29) is 0 Å². The SMILES string of the molecule is C(=C1CCN(Cc2ccccc2)CC1)c1ccccc1. The van der Waals surface area contributed by atoms with Gasteiger partial charge in [-0.1, -0.05) is 72.3 Å². The molecule has 1 aliphatic rings. The van der Waals surface area contributed by atoms with Gasteiger partial charge in [-0.15, -0.1) is 0 Å². The molecule has 2 aromatic rings. The summed E-state index contributed by atoms with van der Waals surface area (Å²) >= 11 is 0. The molecule has 0 atom stereocenters. The molecule has 0 radical (unpaired) electrons. The van der Waals surface area contributed by atoms with Crippen molar-refractivity contribution in [3.63, 3.8) is 0 Å². The minimum Gasteiger partial charge on any atom is -0.298 e. The molecule has 20 heavy (non-hydrogen) atoms. The zero-order valence-corrected chi connectivity index (χ0v) is 11.8. The first-order valence-electron chi connectivity index (χ1n) is 7.41. The first-order valence-corrected chi connectivity index (χ1v) is 7.41. The smallest absolute Gasteiger partial charge is 0.0233 e. The summed E-state index contributed by atoms with van der Waals surface area (Å²) < 4.78 is 0. The Kier molecular flexibility index (Phi) is 4.29. The van der Waals surface area contributed by atoms with E-state index in [9.17, 15) is 0 Å². The third-order valence-electron chi connectivity index (χ3n) is 3.92. The Morgan fingerprint density at radius 3 is 2.05 bits per heavy atom. The number of benzene rings is 2. The number of piperidine rings is 1. The molecule has 3 rings (SSSR count). The van der Waals surface area contributed by atoms with Crippen molar-refractivity contribution in [3.05, 3.63) is 77.4 Å². The molecule has 102 valence electrons. The Balaban J connectivity index is 1.56. The molecule has 0 bridgehead atoms. The highest BCUT2D eigenvalue weighted by atomic mass is 15.1. The maximum absolute atomic E-state index is 2.55. The first-order chi connectivity index (χ1) is 9.90. The van der Waals surface area contributed by atoms with Gasteiger partial charge in [0.05, 0.1) is 0 Å². The van der Waals surface area contributed by atoms with E-state index in [1.54, 1.807) is 5.57 Å². The van der Waals surface area contributed by atoms with E-state index in [1.165, 1.54) is 37.1 Å². The molecule has 1 heterocycles. The molecule has 1 fully saturated rings. The molecular formula is C19H21N. The predicted molar refractivity (Wildman–Crippen MR) is 85.4 cm³/mol. The molecule has 1 nitrogen and oxygen atoms in total. The normalized spacial score (nSPS) is 16.1. The van der Waals surface area contributed by atoms with Crippen LogP contribution in [0.5, 0.6) is 0 Å². The fourth-order valence-electron chi connectivity index (χ4n) is 2.77. The summed E-state index contributed by atoms with van der Waals surface area (Å²) in [5.74, 6) is 0. The lowest BCUT2D eigenvalue weighted by Gasteiger charge is -2.28. The molecule has 0 unspecified atom stereocenters. The van der Waals surface area contributed by atoms with Crippen LogP contribution < -0.4 is 0 Å². The molecule has 2 aromatic carbocycles. The van der Waals surface area contributed by atoms with E-state index in [1.807, 2.05) is 0 Å². The van der Waals surface area contributed by atoms with Gasteiger partial charge in [0.15, 0.2) is 0 Å². The Hall–Kier alpha value is -1.86. The van der Waals surface area contributed by atoms with Crippen LogP contribution >= 0.6 is 0 Å². The van der Waals surface area contributed by atoms with Crippen molar-refractivity contribution in [2.45, 2.75) is 19.4 Å². The van der Waals surface area contributed by atoms with Crippen LogP contribution in [-0.2, 0) is 6.54 Å². The number of likely N-dealkylation sites (tertiary alicyclic amines) is 1. The second-order valence-corrected chi connectivity index (χ2v) is 5.48. The molecule has 0 amide bonds. The van der Waals surface area contributed by atoms with Gasteiger partial charge < -0.3 is 0 Å². The van der Waals surface area contributed by atoms with Gasteiger partial charge in [0.25, 0.3) is 0 Å². The fourth-order valence-corrected chi connectivity index (χ4v) is 2.77. The maximum Gasteiger partial charge on any atom is 0.0233 e. The summed E-state index contributed by atoms with van der Waals surface area (Å²) in [5.41, 5.74) is 4.34. The van der Waals surface area contributed by atoms with Crippen LogP contribution in [0.3, 0.4) is 0 Å². The molecule has 0 N–H and O–H groups in total. The van der Waals surface area contributed by atoms with Crippen molar-refractivity contribution in [2.75, 3.05) is 13.1 Å². The van der Waals surface area contributed by atoms with Gasteiger partial charge in [0.2, 0.25) is 0 Å². The number of hydrogen-bond acceptors (Lipinski definition) is 1. The van der Waals surface area contributed by atoms with Crippen molar-refractivity contribution in [3.8, 4) is 0 Å². The second kappa shape index (κ2) is 6.53. The molecule has 1 heteroatoms. The number of nitrogens with zero attached hydrogens (tertiary/aromatic N) is 1. The first kappa shape index (κ1) is 13.1. The van der Waals surface area contributed by atoms with Crippen LogP contribution in [0.2, 0.25) is 0 Å². The fraction of sp³-hybridized carbons (Fsp3) is 0.263. The minimum atomic E-state index is 1.08. The van der Waals surface area contributed by atoms with E-state index in [0.717, 1.165) is 6.54 Å². The standard InChI is InChI=1S/C19H21N/c1-3-7-17(8-4-1)15-18-11-13-20(14-12-18)16-19-9-5-2-6-10-19/h1-10,15H,11-14,16H2. The summed E-state index contributed by atoms with van der Waals surface area (Å²) in [6.45, 7) is 3.43. The van der Waals surface area contributed by atoms with Crippen molar-refractivity contribution < 1.29 is 0 Å². The van der Waals surface area contributed by atoms with Crippen LogP contribution in [0.4, 0.5) is 0 Å². The summed E-state index contributed by atoms with van der Waals surface area (Å²) in [6.07, 6.45) is 4.75. The van der Waals surface area contributed by atoms with Crippen molar-refractivity contribution in [1.29, 1.82) is 0 Å². The Morgan fingerprint density at radius 2 is 1.40 bits per heavy atom. The third kappa shape index (κ3) is 3.58. The molecule has 0 spiro atoms. The molecule has 1 aliphatic heterocycles. The Labute approximate surface area is 121 Å². The molecule has 0 saturated carbocycles. The second-order valence-electron chi connectivity index (χ2n) is 5.48. The van der Waals surface area contributed by atoms with Crippen LogP contribution in [0.1, 0.15) is 24.0 Å². The van der Waals surface area contributed by atoms with Gasteiger partial charge in [-0.3, -0.25) is 4.90 Å². The van der Waals surface area contributed by atoms with Gasteiger partial charge in [0, 0.05) is 19.6 Å². The Bertz CT molecular complexity index is 547. The van der Waals surface area contributed by atoms with Crippen LogP contribution in [0, 0.1) is 0 Å². The average molecular weight is 263 g/mol. The maximum atomic E-state index is 2.55. The number of rotatable bonds is 3. The highest BCUT2D eigenvalue weighted by Crippen LogP contribution is 2.20. The van der Waals surface area contributed by atoms with Crippen molar-refractivity contribution in [1.82, 2.24) is 4.90 Å². The van der Waals surface area contributed by atoms with Crippen LogP contribution in [-0.4, -0.2) is 18.0 Å². The summed E-state index contributed by atoms with van der Waals surface area (Å²) in [5, 5.41) is 0. The van der Waals surface area contributed by atoms with E-state index in [0.29, 0.717) is 0 Å². The molecular weight excluding hydrogens is 242 g/mol. The minimum absolute atomic E-state index is 1.08. The van der Waals surface area contributed by atoms with Gasteiger partial charge in [-0.25, -0.2) is 0 Å². The average Bonchev–Trinajstić information content (AvgIpc) is 2.51. The lowest BCUT2D eigenvalue weighted by molar-refractivity contribution is 0.249. The van der Waals surface area contributed by atoms with E-state index in [4.69, 9.17) is 0 Å². The van der Waals surface area contributed by atoms with Gasteiger partial charge in [-0.2, -0.15) is 0 Å². The lowest BCUT2D eigenvalue weighted by atomic mass is 10.0. The van der Waals surface area contributed by atoms with E-state index >= 15 is 0 Å². The predicted octanol–water partition coefficient (Wildman–Crippen LogP) is 4.37. The summed E-state index contributed by atoms with van der Waals surface area (Å²) in [7, 11) is 0. The topological polar surface area (TPSA) is 3.24 Å². The van der Waals surface area contributed by atoms with E-state index in [2.05, 4.69) is 71.6 Å². The highest BCUT2D eigenvalue weighted by Gasteiger charge is 2.13. The van der Waals surface area contributed by atoms with Gasteiger partial charge in [-0.05, 0) is 24.0 Å². The van der Waals surface area contributed by atoms with E-state index < -0.39 is 0 Å². The van der Waals surface area contributed by atoms with Crippen molar-refractivity contribution in [2.24, 2.45) is 0 Å². The van der Waals surface area contributed by atoms with Gasteiger partial charge in [0.1, 0.15) is 0 Å².